The third-order valence-corrected chi connectivity index (χ3v) is 4.41. The third kappa shape index (κ3) is 2.71. The van der Waals surface area contributed by atoms with E-state index in [0.717, 1.165) is 16.5 Å². The summed E-state index contributed by atoms with van der Waals surface area (Å²) in [7, 11) is 1.73. The molecule has 4 nitrogen and oxygen atoms in total. The van der Waals surface area contributed by atoms with Crippen LogP contribution in [0.3, 0.4) is 0 Å². The number of carbonyl (C=O) groups excluding carboxylic acids is 1. The second-order valence-corrected chi connectivity index (χ2v) is 5.99. The summed E-state index contributed by atoms with van der Waals surface area (Å²) in [6, 6.07) is 17.1. The largest absolute Gasteiger partial charge is 0.345 e. The highest BCUT2D eigenvalue weighted by Gasteiger charge is 2.19. The van der Waals surface area contributed by atoms with Crippen LogP contribution in [0.5, 0.6) is 0 Å². The molecule has 3 aromatic rings. The fraction of sp³-hybridized carbons (Fsp3) is 0.200. The van der Waals surface area contributed by atoms with Crippen molar-refractivity contribution in [1.82, 2.24) is 9.88 Å². The van der Waals surface area contributed by atoms with E-state index in [2.05, 4.69) is 5.32 Å². The number of hydrogen-bond acceptors (Lipinski definition) is 2. The maximum atomic E-state index is 12.9. The highest BCUT2D eigenvalue weighted by atomic mass is 16.2. The normalized spacial score (nSPS) is 12.1. The Morgan fingerprint density at radius 2 is 1.67 bits per heavy atom. The number of nitrogens with zero attached hydrogens (tertiary/aromatic N) is 1. The van der Waals surface area contributed by atoms with Crippen LogP contribution in [0.25, 0.3) is 10.9 Å². The molecule has 0 aliphatic heterocycles. The minimum absolute atomic E-state index is 0.138. The molecule has 0 saturated carbocycles. The van der Waals surface area contributed by atoms with Crippen LogP contribution in [0.4, 0.5) is 0 Å². The van der Waals surface area contributed by atoms with Crippen molar-refractivity contribution in [2.24, 2.45) is 7.05 Å². The van der Waals surface area contributed by atoms with Crippen LogP contribution in [-0.2, 0) is 7.05 Å². The van der Waals surface area contributed by atoms with Gasteiger partial charge in [-0.2, -0.15) is 0 Å². The number of aromatic nitrogens is 1. The maximum absolute atomic E-state index is 12.9. The van der Waals surface area contributed by atoms with E-state index in [9.17, 15) is 9.59 Å². The van der Waals surface area contributed by atoms with Gasteiger partial charge in [0.15, 0.2) is 0 Å². The van der Waals surface area contributed by atoms with Gasteiger partial charge in [-0.3, -0.25) is 9.59 Å². The Bertz CT molecular complexity index is 959. The third-order valence-electron chi connectivity index (χ3n) is 4.41. The van der Waals surface area contributed by atoms with Crippen molar-refractivity contribution in [3.8, 4) is 0 Å². The van der Waals surface area contributed by atoms with Gasteiger partial charge in [0.1, 0.15) is 0 Å². The van der Waals surface area contributed by atoms with E-state index in [1.54, 1.807) is 18.5 Å². The predicted octanol–water partition coefficient (Wildman–Crippen LogP) is 3.34. The molecular weight excluding hydrogens is 300 g/mol. The number of aryl methyl sites for hydroxylation is 1. The average molecular weight is 320 g/mol. The summed E-state index contributed by atoms with van der Waals surface area (Å²) >= 11 is 0. The van der Waals surface area contributed by atoms with Crippen LogP contribution >= 0.6 is 0 Å². The van der Waals surface area contributed by atoms with Crippen molar-refractivity contribution in [3.05, 3.63) is 81.6 Å². The highest BCUT2D eigenvalue weighted by molar-refractivity contribution is 6.07. The second-order valence-electron chi connectivity index (χ2n) is 5.99. The molecule has 0 bridgehead atoms. The quantitative estimate of drug-likeness (QED) is 0.805. The lowest BCUT2D eigenvalue weighted by molar-refractivity contribution is 0.0940. The van der Waals surface area contributed by atoms with Gasteiger partial charge in [0.25, 0.3) is 11.5 Å². The molecule has 0 aliphatic rings. The summed E-state index contributed by atoms with van der Waals surface area (Å²) in [5, 5.41) is 3.79. The zero-order valence-corrected chi connectivity index (χ0v) is 14.0. The van der Waals surface area contributed by atoms with Crippen molar-refractivity contribution in [1.29, 1.82) is 0 Å². The molecule has 0 radical (unpaired) electrons. The first kappa shape index (κ1) is 16.0. The van der Waals surface area contributed by atoms with Gasteiger partial charge < -0.3 is 9.88 Å². The molecule has 0 unspecified atom stereocenters. The van der Waals surface area contributed by atoms with E-state index >= 15 is 0 Å². The number of benzene rings is 2. The minimum atomic E-state index is -0.224. The predicted molar refractivity (Wildman–Crippen MR) is 96.2 cm³/mol. The molecule has 4 heteroatoms. The fourth-order valence-electron chi connectivity index (χ4n) is 3.03. The maximum Gasteiger partial charge on any atom is 0.254 e. The van der Waals surface area contributed by atoms with Crippen molar-refractivity contribution in [2.75, 3.05) is 0 Å². The standard InChI is InChI=1S/C20H20N2O2/c1-13-18(16-11-7-8-12-17(16)22(3)20(13)24)19(23)21-14(2)15-9-5-4-6-10-15/h4-12,14H,1-3H3,(H,21,23)/t14-/m1/s1. The molecule has 1 amide bonds. The monoisotopic (exact) mass is 320 g/mol. The van der Waals surface area contributed by atoms with Crippen molar-refractivity contribution in [3.63, 3.8) is 0 Å². The van der Waals surface area contributed by atoms with Crippen molar-refractivity contribution >= 4 is 16.8 Å². The number of fused-ring (bicyclic) bond motifs is 1. The summed E-state index contributed by atoms with van der Waals surface area (Å²) in [5.74, 6) is -0.224. The van der Waals surface area contributed by atoms with Gasteiger partial charge in [-0.25, -0.2) is 0 Å². The molecule has 0 aliphatic carbocycles. The number of para-hydroxylation sites is 1. The molecular formula is C20H20N2O2. The first-order valence-corrected chi connectivity index (χ1v) is 7.95. The molecule has 122 valence electrons. The van der Waals surface area contributed by atoms with Gasteiger partial charge in [0, 0.05) is 18.0 Å². The Hall–Kier alpha value is -2.88. The lowest BCUT2D eigenvalue weighted by Crippen LogP contribution is -2.31. The molecule has 2 aromatic carbocycles. The van der Waals surface area contributed by atoms with Gasteiger partial charge in [0.2, 0.25) is 0 Å². The average Bonchev–Trinajstić information content (AvgIpc) is 2.60. The van der Waals surface area contributed by atoms with Crippen molar-refractivity contribution < 1.29 is 4.79 Å². The second kappa shape index (κ2) is 6.32. The highest BCUT2D eigenvalue weighted by Crippen LogP contribution is 2.20. The summed E-state index contributed by atoms with van der Waals surface area (Å²) in [6.45, 7) is 3.64. The number of carbonyl (C=O) groups is 1. The Balaban J connectivity index is 2.06. The molecule has 24 heavy (non-hydrogen) atoms. The van der Waals surface area contributed by atoms with Gasteiger partial charge in [-0.1, -0.05) is 48.5 Å². The first-order chi connectivity index (χ1) is 11.5. The smallest absolute Gasteiger partial charge is 0.254 e. The van der Waals surface area contributed by atoms with E-state index in [0.29, 0.717) is 11.1 Å². The van der Waals surface area contributed by atoms with E-state index < -0.39 is 0 Å². The number of amides is 1. The minimum Gasteiger partial charge on any atom is -0.345 e. The summed E-state index contributed by atoms with van der Waals surface area (Å²) in [6.07, 6.45) is 0. The lowest BCUT2D eigenvalue weighted by Gasteiger charge is -2.17. The van der Waals surface area contributed by atoms with Crippen molar-refractivity contribution in [2.45, 2.75) is 19.9 Å². The van der Waals surface area contributed by atoms with Gasteiger partial charge in [-0.05, 0) is 25.5 Å². The Morgan fingerprint density at radius 3 is 2.38 bits per heavy atom. The van der Waals surface area contributed by atoms with Crippen LogP contribution in [0.2, 0.25) is 0 Å². The molecule has 1 N–H and O–H groups in total. The molecule has 0 spiro atoms. The van der Waals surface area contributed by atoms with Crippen LogP contribution in [0.1, 0.15) is 34.5 Å². The molecule has 1 atom stereocenters. The van der Waals surface area contributed by atoms with E-state index in [-0.39, 0.29) is 17.5 Å². The molecule has 1 heterocycles. The SMILES string of the molecule is Cc1c(C(=O)N[C@H](C)c2ccccc2)c2ccccc2n(C)c1=O. The number of rotatable bonds is 3. The lowest BCUT2D eigenvalue weighted by atomic mass is 10.0. The van der Waals surface area contributed by atoms with Gasteiger partial charge in [0.05, 0.1) is 17.1 Å². The van der Waals surface area contributed by atoms with Gasteiger partial charge in [-0.15, -0.1) is 0 Å². The molecule has 1 aromatic heterocycles. The first-order valence-electron chi connectivity index (χ1n) is 7.95. The summed E-state index contributed by atoms with van der Waals surface area (Å²) < 4.78 is 1.59. The van der Waals surface area contributed by atoms with Crippen LogP contribution in [0, 0.1) is 6.92 Å². The number of pyridine rings is 1. The molecule has 0 saturated heterocycles. The number of nitrogens with one attached hydrogen (secondary N) is 1. The Kier molecular flexibility index (Phi) is 4.21. The van der Waals surface area contributed by atoms with E-state index in [1.807, 2.05) is 61.5 Å². The zero-order valence-electron chi connectivity index (χ0n) is 14.0. The summed E-state index contributed by atoms with van der Waals surface area (Å²) in [4.78, 5) is 25.3. The topological polar surface area (TPSA) is 51.1 Å². The van der Waals surface area contributed by atoms with E-state index in [1.165, 1.54) is 0 Å². The molecule has 3 rings (SSSR count). The molecule has 0 fully saturated rings. The zero-order chi connectivity index (χ0) is 17.3. The Morgan fingerprint density at radius 1 is 1.04 bits per heavy atom. The fourth-order valence-corrected chi connectivity index (χ4v) is 3.03. The van der Waals surface area contributed by atoms with E-state index in [4.69, 9.17) is 0 Å². The van der Waals surface area contributed by atoms with Crippen LogP contribution in [0.15, 0.2) is 59.4 Å². The van der Waals surface area contributed by atoms with Gasteiger partial charge >= 0.3 is 0 Å². The Labute approximate surface area is 140 Å². The van der Waals surface area contributed by atoms with Crippen LogP contribution < -0.4 is 10.9 Å². The summed E-state index contributed by atoms with van der Waals surface area (Å²) in [5.41, 5.74) is 2.55. The van der Waals surface area contributed by atoms with Crippen LogP contribution in [-0.4, -0.2) is 10.5 Å². The number of hydrogen-bond donors (Lipinski definition) is 1.